The van der Waals surface area contributed by atoms with Gasteiger partial charge in [0.15, 0.2) is 0 Å². The normalized spacial score (nSPS) is 15.1. The molecule has 1 amide bonds. The molecule has 0 N–H and O–H groups in total. The maximum Gasteiger partial charge on any atom is 0.245 e. The highest BCUT2D eigenvalue weighted by Gasteiger charge is 2.22. The Balaban J connectivity index is 1.59. The van der Waals surface area contributed by atoms with Crippen molar-refractivity contribution in [1.29, 1.82) is 0 Å². The summed E-state index contributed by atoms with van der Waals surface area (Å²) < 4.78 is 6.04. The van der Waals surface area contributed by atoms with Crippen LogP contribution >= 0.6 is 11.6 Å². The van der Waals surface area contributed by atoms with Crippen LogP contribution in [0.15, 0.2) is 61.2 Å². The molecule has 1 saturated heterocycles. The van der Waals surface area contributed by atoms with Gasteiger partial charge >= 0.3 is 0 Å². The van der Waals surface area contributed by atoms with E-state index in [4.69, 9.17) is 16.3 Å². The van der Waals surface area contributed by atoms with Gasteiger partial charge in [0.05, 0.1) is 0 Å². The average Bonchev–Trinajstić information content (AvgIpc) is 2.62. The van der Waals surface area contributed by atoms with Crippen LogP contribution in [0.2, 0.25) is 5.02 Å². The van der Waals surface area contributed by atoms with Gasteiger partial charge in [-0.05, 0) is 41.5 Å². The van der Waals surface area contributed by atoms with Gasteiger partial charge in [0, 0.05) is 31.0 Å². The Morgan fingerprint density at radius 3 is 2.46 bits per heavy atom. The van der Waals surface area contributed by atoms with E-state index in [2.05, 4.69) is 6.58 Å². The first-order chi connectivity index (χ1) is 11.7. The van der Waals surface area contributed by atoms with Crippen molar-refractivity contribution in [3.05, 3.63) is 66.2 Å². The van der Waals surface area contributed by atoms with Gasteiger partial charge in [-0.15, -0.1) is 0 Å². The van der Waals surface area contributed by atoms with Crippen molar-refractivity contribution < 1.29 is 9.53 Å². The molecule has 0 bridgehead atoms. The van der Waals surface area contributed by atoms with Crippen molar-refractivity contribution in [2.75, 3.05) is 13.1 Å². The highest BCUT2D eigenvalue weighted by atomic mass is 35.5. The lowest BCUT2D eigenvalue weighted by Crippen LogP contribution is -2.41. The number of halogens is 1. The van der Waals surface area contributed by atoms with Gasteiger partial charge in [-0.25, -0.2) is 0 Å². The Kier molecular flexibility index (Phi) is 5.21. The minimum atomic E-state index is -0.000625. The molecule has 3 rings (SSSR count). The second kappa shape index (κ2) is 7.54. The molecule has 1 aliphatic heterocycles. The van der Waals surface area contributed by atoms with Crippen molar-refractivity contribution in [1.82, 2.24) is 4.90 Å². The number of piperidine rings is 1. The monoisotopic (exact) mass is 341 g/mol. The lowest BCUT2D eigenvalue weighted by atomic mass is 10.1. The summed E-state index contributed by atoms with van der Waals surface area (Å²) in [5, 5.41) is 0.730. The molecule has 124 valence electrons. The van der Waals surface area contributed by atoms with Crippen molar-refractivity contribution in [3.8, 4) is 16.9 Å². The molecule has 0 unspecified atom stereocenters. The molecule has 3 nitrogen and oxygen atoms in total. The van der Waals surface area contributed by atoms with Gasteiger partial charge in [0.2, 0.25) is 5.91 Å². The minimum absolute atomic E-state index is 0.000625. The standard InChI is InChI=1S/C20H20ClNO2/c1-2-20(23)22-12-10-19(11-13-22)24-18-8-6-15(7-9-18)16-4-3-5-17(21)14-16/h2-9,14,19H,1,10-13H2. The van der Waals surface area contributed by atoms with Crippen molar-refractivity contribution in [3.63, 3.8) is 0 Å². The van der Waals surface area contributed by atoms with Crippen LogP contribution < -0.4 is 4.74 Å². The molecule has 0 spiro atoms. The number of benzene rings is 2. The highest BCUT2D eigenvalue weighted by Crippen LogP contribution is 2.26. The van der Waals surface area contributed by atoms with E-state index in [9.17, 15) is 4.79 Å². The first kappa shape index (κ1) is 16.6. The van der Waals surface area contributed by atoms with E-state index in [1.54, 1.807) is 0 Å². The fourth-order valence-electron chi connectivity index (χ4n) is 2.91. The minimum Gasteiger partial charge on any atom is -0.490 e. The van der Waals surface area contributed by atoms with Crippen LogP contribution in [0.3, 0.4) is 0 Å². The van der Waals surface area contributed by atoms with Crippen LogP contribution in [0.4, 0.5) is 0 Å². The molecule has 1 heterocycles. The van der Waals surface area contributed by atoms with Crippen molar-refractivity contribution in [2.24, 2.45) is 0 Å². The summed E-state index contributed by atoms with van der Waals surface area (Å²) in [7, 11) is 0. The number of hydrogen-bond acceptors (Lipinski definition) is 2. The zero-order valence-corrected chi connectivity index (χ0v) is 14.2. The van der Waals surface area contributed by atoms with Gasteiger partial charge < -0.3 is 9.64 Å². The van der Waals surface area contributed by atoms with E-state index in [0.717, 1.165) is 47.8 Å². The number of carbonyl (C=O) groups excluding carboxylic acids is 1. The summed E-state index contributed by atoms with van der Waals surface area (Å²) in [6.07, 6.45) is 3.21. The first-order valence-electron chi connectivity index (χ1n) is 8.10. The lowest BCUT2D eigenvalue weighted by Gasteiger charge is -2.31. The molecule has 0 saturated carbocycles. The maximum atomic E-state index is 11.6. The van der Waals surface area contributed by atoms with Crippen LogP contribution in [-0.2, 0) is 4.79 Å². The predicted octanol–water partition coefficient (Wildman–Crippen LogP) is 4.56. The summed E-state index contributed by atoms with van der Waals surface area (Å²) >= 11 is 6.04. The smallest absolute Gasteiger partial charge is 0.245 e. The Morgan fingerprint density at radius 1 is 1.12 bits per heavy atom. The first-order valence-corrected chi connectivity index (χ1v) is 8.47. The zero-order chi connectivity index (χ0) is 16.9. The molecule has 0 aromatic heterocycles. The third kappa shape index (κ3) is 3.98. The predicted molar refractivity (Wildman–Crippen MR) is 97.3 cm³/mol. The highest BCUT2D eigenvalue weighted by molar-refractivity contribution is 6.30. The second-order valence-electron chi connectivity index (χ2n) is 5.88. The SMILES string of the molecule is C=CC(=O)N1CCC(Oc2ccc(-c3cccc(Cl)c3)cc2)CC1. The molecule has 2 aromatic rings. The van der Waals surface area contributed by atoms with E-state index < -0.39 is 0 Å². The Morgan fingerprint density at radius 2 is 1.83 bits per heavy atom. The van der Waals surface area contributed by atoms with Crippen LogP contribution in [-0.4, -0.2) is 30.0 Å². The average molecular weight is 342 g/mol. The number of amides is 1. The Labute approximate surface area is 147 Å². The van der Waals surface area contributed by atoms with Gasteiger partial charge in [-0.2, -0.15) is 0 Å². The largest absolute Gasteiger partial charge is 0.490 e. The maximum absolute atomic E-state index is 11.6. The molecule has 24 heavy (non-hydrogen) atoms. The third-order valence-corrected chi connectivity index (χ3v) is 4.48. The van der Waals surface area contributed by atoms with E-state index in [-0.39, 0.29) is 12.0 Å². The quantitative estimate of drug-likeness (QED) is 0.763. The lowest BCUT2D eigenvalue weighted by molar-refractivity contribution is -0.127. The molecule has 0 radical (unpaired) electrons. The fraction of sp³-hybridized carbons (Fsp3) is 0.250. The zero-order valence-electron chi connectivity index (χ0n) is 13.5. The number of carbonyl (C=O) groups is 1. The number of rotatable bonds is 4. The summed E-state index contributed by atoms with van der Waals surface area (Å²) in [5.74, 6) is 0.855. The summed E-state index contributed by atoms with van der Waals surface area (Å²) in [4.78, 5) is 13.4. The van der Waals surface area contributed by atoms with Crippen molar-refractivity contribution >= 4 is 17.5 Å². The van der Waals surface area contributed by atoms with Gasteiger partial charge in [0.1, 0.15) is 11.9 Å². The van der Waals surface area contributed by atoms with Crippen LogP contribution in [0.1, 0.15) is 12.8 Å². The number of ether oxygens (including phenoxy) is 1. The van der Waals surface area contributed by atoms with E-state index in [0.29, 0.717) is 0 Å². The van der Waals surface area contributed by atoms with Gasteiger partial charge in [-0.1, -0.05) is 42.4 Å². The number of hydrogen-bond donors (Lipinski definition) is 0. The topological polar surface area (TPSA) is 29.5 Å². The number of nitrogens with zero attached hydrogens (tertiary/aromatic N) is 1. The van der Waals surface area contributed by atoms with E-state index >= 15 is 0 Å². The van der Waals surface area contributed by atoms with E-state index in [1.807, 2.05) is 53.4 Å². The molecule has 2 aromatic carbocycles. The summed E-state index contributed by atoms with van der Waals surface area (Å²) in [5.41, 5.74) is 2.20. The summed E-state index contributed by atoms with van der Waals surface area (Å²) in [6, 6.07) is 15.8. The molecule has 1 fully saturated rings. The van der Waals surface area contributed by atoms with Gasteiger partial charge in [0.25, 0.3) is 0 Å². The van der Waals surface area contributed by atoms with Crippen LogP contribution in [0.5, 0.6) is 5.75 Å². The van der Waals surface area contributed by atoms with Crippen LogP contribution in [0.25, 0.3) is 11.1 Å². The molecular formula is C20H20ClNO2. The summed E-state index contributed by atoms with van der Waals surface area (Å²) in [6.45, 7) is 4.97. The Bertz CT molecular complexity index is 719. The third-order valence-electron chi connectivity index (χ3n) is 4.24. The van der Waals surface area contributed by atoms with Crippen LogP contribution in [0, 0.1) is 0 Å². The molecule has 1 aliphatic rings. The fourth-order valence-corrected chi connectivity index (χ4v) is 3.10. The molecule has 4 heteroatoms. The van der Waals surface area contributed by atoms with Gasteiger partial charge in [-0.3, -0.25) is 4.79 Å². The van der Waals surface area contributed by atoms with Crippen molar-refractivity contribution in [2.45, 2.75) is 18.9 Å². The number of likely N-dealkylation sites (tertiary alicyclic amines) is 1. The molecule has 0 aliphatic carbocycles. The molecular weight excluding hydrogens is 322 g/mol. The van der Waals surface area contributed by atoms with E-state index in [1.165, 1.54) is 6.08 Å². The Hall–Kier alpha value is -2.26. The molecule has 0 atom stereocenters. The second-order valence-corrected chi connectivity index (χ2v) is 6.32.